The normalized spacial score (nSPS) is 10.3. The Kier molecular flexibility index (Phi) is 3.06. The highest BCUT2D eigenvalue weighted by atomic mass is 32.2. The van der Waals surface area contributed by atoms with Gasteiger partial charge in [-0.25, -0.2) is 0 Å². The Balaban J connectivity index is 2.50. The van der Waals surface area contributed by atoms with E-state index in [-0.39, 0.29) is 0 Å². The number of benzene rings is 2. The summed E-state index contributed by atoms with van der Waals surface area (Å²) in [5.41, 5.74) is 15.4. The van der Waals surface area contributed by atoms with E-state index in [1.807, 2.05) is 36.4 Å². The highest BCUT2D eigenvalue weighted by molar-refractivity contribution is 7.98. The molecule has 0 radical (unpaired) electrons. The molecule has 2 nitrogen and oxygen atoms in total. The van der Waals surface area contributed by atoms with Gasteiger partial charge in [0, 0.05) is 21.8 Å². The second kappa shape index (κ2) is 4.49. The zero-order valence-corrected chi connectivity index (χ0v) is 9.92. The van der Waals surface area contributed by atoms with Crippen molar-refractivity contribution in [3.8, 4) is 11.1 Å². The van der Waals surface area contributed by atoms with E-state index in [0.717, 1.165) is 22.5 Å². The minimum absolute atomic E-state index is 0.767. The zero-order valence-electron chi connectivity index (χ0n) is 9.10. The summed E-state index contributed by atoms with van der Waals surface area (Å²) in [6.45, 7) is 0. The molecular weight excluding hydrogens is 216 g/mol. The van der Waals surface area contributed by atoms with Crippen LogP contribution in [0.2, 0.25) is 0 Å². The van der Waals surface area contributed by atoms with Gasteiger partial charge in [-0.1, -0.05) is 12.1 Å². The lowest BCUT2D eigenvalue weighted by Gasteiger charge is -2.08. The molecule has 0 spiro atoms. The van der Waals surface area contributed by atoms with Crippen LogP contribution in [-0.4, -0.2) is 6.26 Å². The Morgan fingerprint density at radius 1 is 0.938 bits per heavy atom. The summed E-state index contributed by atoms with van der Waals surface area (Å²) >= 11 is 1.71. The molecule has 0 aliphatic heterocycles. The average Bonchev–Trinajstić information content (AvgIpc) is 2.31. The average molecular weight is 230 g/mol. The van der Waals surface area contributed by atoms with E-state index < -0.39 is 0 Å². The molecule has 16 heavy (non-hydrogen) atoms. The third-order valence-electron chi connectivity index (χ3n) is 2.48. The SMILES string of the molecule is CSc1ccc(N)c(-c2ccc(N)cc2)c1. The summed E-state index contributed by atoms with van der Waals surface area (Å²) in [6.07, 6.45) is 2.05. The van der Waals surface area contributed by atoms with Crippen molar-refractivity contribution in [2.75, 3.05) is 17.7 Å². The van der Waals surface area contributed by atoms with E-state index in [1.54, 1.807) is 11.8 Å². The summed E-state index contributed by atoms with van der Waals surface area (Å²) in [5, 5.41) is 0. The van der Waals surface area contributed by atoms with Crippen LogP contribution in [0.1, 0.15) is 0 Å². The molecule has 0 unspecified atom stereocenters. The summed E-state index contributed by atoms with van der Waals surface area (Å²) in [7, 11) is 0. The first kappa shape index (κ1) is 10.9. The van der Waals surface area contributed by atoms with E-state index in [2.05, 4.69) is 12.3 Å². The molecular formula is C13H14N2S. The summed E-state index contributed by atoms with van der Waals surface area (Å²) < 4.78 is 0. The van der Waals surface area contributed by atoms with Crippen LogP contribution in [0.5, 0.6) is 0 Å². The summed E-state index contributed by atoms with van der Waals surface area (Å²) in [6, 6.07) is 13.8. The standard InChI is InChI=1S/C13H14N2S/c1-16-11-6-7-13(15)12(8-11)9-2-4-10(14)5-3-9/h2-8H,14-15H2,1H3. The maximum atomic E-state index is 5.97. The van der Waals surface area contributed by atoms with Gasteiger partial charge < -0.3 is 11.5 Å². The van der Waals surface area contributed by atoms with Gasteiger partial charge in [0.05, 0.1) is 0 Å². The van der Waals surface area contributed by atoms with Crippen molar-refractivity contribution in [2.45, 2.75) is 4.90 Å². The number of nitrogens with two attached hydrogens (primary N) is 2. The Morgan fingerprint density at radius 2 is 1.62 bits per heavy atom. The van der Waals surface area contributed by atoms with Gasteiger partial charge in [0.25, 0.3) is 0 Å². The highest BCUT2D eigenvalue weighted by Gasteiger charge is 2.03. The van der Waals surface area contributed by atoms with Crippen molar-refractivity contribution in [3.63, 3.8) is 0 Å². The fraction of sp³-hybridized carbons (Fsp3) is 0.0769. The van der Waals surface area contributed by atoms with Crippen LogP contribution in [0, 0.1) is 0 Å². The predicted octanol–water partition coefficient (Wildman–Crippen LogP) is 3.24. The van der Waals surface area contributed by atoms with Crippen molar-refractivity contribution < 1.29 is 0 Å². The lowest BCUT2D eigenvalue weighted by atomic mass is 10.0. The van der Waals surface area contributed by atoms with Crippen LogP contribution in [0.4, 0.5) is 11.4 Å². The van der Waals surface area contributed by atoms with Crippen LogP contribution in [0.15, 0.2) is 47.4 Å². The smallest absolute Gasteiger partial charge is 0.0394 e. The lowest BCUT2D eigenvalue weighted by Crippen LogP contribution is -1.91. The van der Waals surface area contributed by atoms with E-state index in [4.69, 9.17) is 11.5 Å². The van der Waals surface area contributed by atoms with Crippen molar-refractivity contribution in [1.29, 1.82) is 0 Å². The van der Waals surface area contributed by atoms with Gasteiger partial charge in [0.2, 0.25) is 0 Å². The minimum atomic E-state index is 0.767. The van der Waals surface area contributed by atoms with E-state index >= 15 is 0 Å². The first-order valence-electron chi connectivity index (χ1n) is 5.00. The summed E-state index contributed by atoms with van der Waals surface area (Å²) in [5.74, 6) is 0. The van der Waals surface area contributed by atoms with Crippen LogP contribution in [-0.2, 0) is 0 Å². The molecule has 0 aromatic heterocycles. The van der Waals surface area contributed by atoms with Gasteiger partial charge in [0.1, 0.15) is 0 Å². The molecule has 0 aliphatic carbocycles. The maximum Gasteiger partial charge on any atom is 0.0394 e. The minimum Gasteiger partial charge on any atom is -0.399 e. The molecule has 0 atom stereocenters. The number of thioether (sulfide) groups is 1. The van der Waals surface area contributed by atoms with Crippen molar-refractivity contribution in [1.82, 2.24) is 0 Å². The van der Waals surface area contributed by atoms with Gasteiger partial charge >= 0.3 is 0 Å². The number of anilines is 2. The molecule has 2 aromatic carbocycles. The molecule has 0 saturated heterocycles. The Hall–Kier alpha value is -1.61. The number of hydrogen-bond acceptors (Lipinski definition) is 3. The molecule has 0 saturated carbocycles. The molecule has 0 aliphatic rings. The van der Waals surface area contributed by atoms with Gasteiger partial charge in [0.15, 0.2) is 0 Å². The van der Waals surface area contributed by atoms with Gasteiger partial charge in [-0.05, 0) is 42.2 Å². The Morgan fingerprint density at radius 3 is 2.25 bits per heavy atom. The topological polar surface area (TPSA) is 52.0 Å². The third-order valence-corrected chi connectivity index (χ3v) is 3.21. The van der Waals surface area contributed by atoms with E-state index in [0.29, 0.717) is 0 Å². The van der Waals surface area contributed by atoms with Crippen molar-refractivity contribution >= 4 is 23.1 Å². The molecule has 0 amide bonds. The van der Waals surface area contributed by atoms with E-state index in [9.17, 15) is 0 Å². The van der Waals surface area contributed by atoms with Gasteiger partial charge in [-0.3, -0.25) is 0 Å². The molecule has 82 valence electrons. The molecule has 0 heterocycles. The molecule has 2 rings (SSSR count). The monoisotopic (exact) mass is 230 g/mol. The first-order chi connectivity index (χ1) is 7.70. The molecule has 0 bridgehead atoms. The fourth-order valence-corrected chi connectivity index (χ4v) is 2.01. The van der Waals surface area contributed by atoms with Crippen LogP contribution < -0.4 is 11.5 Å². The quantitative estimate of drug-likeness (QED) is 0.615. The number of hydrogen-bond donors (Lipinski definition) is 2. The maximum absolute atomic E-state index is 5.97. The van der Waals surface area contributed by atoms with E-state index in [1.165, 1.54) is 4.90 Å². The van der Waals surface area contributed by atoms with Crippen LogP contribution >= 0.6 is 11.8 Å². The van der Waals surface area contributed by atoms with Crippen molar-refractivity contribution in [2.24, 2.45) is 0 Å². The molecule has 3 heteroatoms. The largest absolute Gasteiger partial charge is 0.399 e. The van der Waals surface area contributed by atoms with Crippen molar-refractivity contribution in [3.05, 3.63) is 42.5 Å². The first-order valence-corrected chi connectivity index (χ1v) is 6.22. The summed E-state index contributed by atoms with van der Waals surface area (Å²) in [4.78, 5) is 1.21. The molecule has 2 aromatic rings. The second-order valence-corrected chi connectivity index (χ2v) is 4.45. The number of rotatable bonds is 2. The predicted molar refractivity (Wildman–Crippen MR) is 72.5 cm³/mol. The molecule has 4 N–H and O–H groups in total. The van der Waals surface area contributed by atoms with Crippen LogP contribution in [0.25, 0.3) is 11.1 Å². The molecule has 0 fully saturated rings. The Bertz CT molecular complexity index is 492. The third kappa shape index (κ3) is 2.14. The fourth-order valence-electron chi connectivity index (χ4n) is 1.58. The second-order valence-electron chi connectivity index (χ2n) is 3.58. The number of nitrogen functional groups attached to an aromatic ring is 2. The van der Waals surface area contributed by atoms with Gasteiger partial charge in [-0.15, -0.1) is 11.8 Å². The Labute approximate surface area is 99.7 Å². The van der Waals surface area contributed by atoms with Crippen LogP contribution in [0.3, 0.4) is 0 Å². The lowest BCUT2D eigenvalue weighted by molar-refractivity contribution is 1.46. The highest BCUT2D eigenvalue weighted by Crippen LogP contribution is 2.30. The zero-order chi connectivity index (χ0) is 11.5. The van der Waals surface area contributed by atoms with Gasteiger partial charge in [-0.2, -0.15) is 0 Å².